The predicted octanol–water partition coefficient (Wildman–Crippen LogP) is 3.52. The number of ether oxygens (including phenoxy) is 1. The molecule has 0 heterocycles. The lowest BCUT2D eigenvalue weighted by molar-refractivity contribution is -0.131. The SMILES string of the molecule is Cc1cc(Cl)c(C(C)C)cc1OCC(=O)N(C)CCC#N. The molecule has 5 heteroatoms. The maximum atomic E-state index is 11.9. The molecule has 1 rings (SSSR count). The molecule has 0 aromatic heterocycles. The van der Waals surface area contributed by atoms with Gasteiger partial charge in [-0.1, -0.05) is 25.4 Å². The van der Waals surface area contributed by atoms with E-state index in [1.807, 2.05) is 25.1 Å². The van der Waals surface area contributed by atoms with Gasteiger partial charge in [-0.3, -0.25) is 4.79 Å². The molecule has 4 nitrogen and oxygen atoms in total. The third-order valence-electron chi connectivity index (χ3n) is 3.25. The van der Waals surface area contributed by atoms with Crippen LogP contribution in [-0.2, 0) is 4.79 Å². The second-order valence-electron chi connectivity index (χ2n) is 5.31. The van der Waals surface area contributed by atoms with Crippen molar-refractivity contribution in [2.45, 2.75) is 33.1 Å². The van der Waals surface area contributed by atoms with E-state index in [-0.39, 0.29) is 18.4 Å². The van der Waals surface area contributed by atoms with Crippen molar-refractivity contribution in [1.82, 2.24) is 4.90 Å². The molecule has 0 saturated heterocycles. The van der Waals surface area contributed by atoms with Gasteiger partial charge in [0.1, 0.15) is 5.75 Å². The van der Waals surface area contributed by atoms with Crippen LogP contribution in [0.3, 0.4) is 0 Å². The van der Waals surface area contributed by atoms with Crippen molar-refractivity contribution < 1.29 is 9.53 Å². The predicted molar refractivity (Wildman–Crippen MR) is 83.6 cm³/mol. The van der Waals surface area contributed by atoms with Crippen molar-refractivity contribution in [3.63, 3.8) is 0 Å². The number of amides is 1. The van der Waals surface area contributed by atoms with Crippen LogP contribution < -0.4 is 4.74 Å². The van der Waals surface area contributed by atoms with Crippen LogP contribution in [0.1, 0.15) is 37.3 Å². The van der Waals surface area contributed by atoms with Gasteiger partial charge in [0.2, 0.25) is 0 Å². The number of hydrogen-bond acceptors (Lipinski definition) is 3. The molecule has 0 aliphatic rings. The maximum Gasteiger partial charge on any atom is 0.260 e. The molecule has 114 valence electrons. The third kappa shape index (κ3) is 4.95. The summed E-state index contributed by atoms with van der Waals surface area (Å²) >= 11 is 6.21. The lowest BCUT2D eigenvalue weighted by Gasteiger charge is -2.18. The average Bonchev–Trinajstić information content (AvgIpc) is 2.42. The summed E-state index contributed by atoms with van der Waals surface area (Å²) in [4.78, 5) is 13.4. The lowest BCUT2D eigenvalue weighted by Crippen LogP contribution is -2.32. The Hall–Kier alpha value is -1.73. The molecule has 0 spiro atoms. The van der Waals surface area contributed by atoms with E-state index < -0.39 is 0 Å². The fourth-order valence-electron chi connectivity index (χ4n) is 1.86. The first kappa shape index (κ1) is 17.3. The number of likely N-dealkylation sites (N-methyl/N-ethyl adjacent to an activating group) is 1. The first-order valence-electron chi connectivity index (χ1n) is 6.90. The zero-order valence-corrected chi connectivity index (χ0v) is 13.7. The van der Waals surface area contributed by atoms with Crippen LogP contribution in [0.15, 0.2) is 12.1 Å². The molecule has 0 saturated carbocycles. The van der Waals surface area contributed by atoms with Crippen molar-refractivity contribution in [3.05, 3.63) is 28.3 Å². The zero-order chi connectivity index (χ0) is 16.0. The van der Waals surface area contributed by atoms with Crippen molar-refractivity contribution in [1.29, 1.82) is 5.26 Å². The fourth-order valence-corrected chi connectivity index (χ4v) is 2.30. The van der Waals surface area contributed by atoms with E-state index in [1.165, 1.54) is 4.90 Å². The minimum absolute atomic E-state index is 0.0397. The first-order chi connectivity index (χ1) is 9.86. The molecule has 0 aliphatic heterocycles. The monoisotopic (exact) mass is 308 g/mol. The number of rotatable bonds is 6. The highest BCUT2D eigenvalue weighted by Crippen LogP contribution is 2.31. The van der Waals surface area contributed by atoms with Gasteiger partial charge in [0.15, 0.2) is 6.61 Å². The van der Waals surface area contributed by atoms with E-state index in [2.05, 4.69) is 13.8 Å². The fraction of sp³-hybridized carbons (Fsp3) is 0.500. The number of halogens is 1. The summed E-state index contributed by atoms with van der Waals surface area (Å²) in [5, 5.41) is 9.23. The number of nitriles is 1. The van der Waals surface area contributed by atoms with Crippen LogP contribution in [0.4, 0.5) is 0 Å². The van der Waals surface area contributed by atoms with Gasteiger partial charge in [-0.15, -0.1) is 0 Å². The van der Waals surface area contributed by atoms with Crippen molar-refractivity contribution >= 4 is 17.5 Å². The van der Waals surface area contributed by atoms with Crippen molar-refractivity contribution in [2.75, 3.05) is 20.2 Å². The van der Waals surface area contributed by atoms with Gasteiger partial charge in [0.25, 0.3) is 5.91 Å². The zero-order valence-electron chi connectivity index (χ0n) is 12.9. The molecule has 0 N–H and O–H groups in total. The summed E-state index contributed by atoms with van der Waals surface area (Å²) in [7, 11) is 1.66. The topological polar surface area (TPSA) is 53.3 Å². The van der Waals surface area contributed by atoms with Crippen molar-refractivity contribution in [3.8, 4) is 11.8 Å². The number of nitrogens with zero attached hydrogens (tertiary/aromatic N) is 2. The molecule has 0 fully saturated rings. The summed E-state index contributed by atoms with van der Waals surface area (Å²) in [6.07, 6.45) is 0.319. The standard InChI is InChI=1S/C16H21ClN2O2/c1-11(2)13-9-15(12(3)8-14(13)17)21-10-16(20)19(4)7-5-6-18/h8-9,11H,5,7,10H2,1-4H3. The molecule has 1 aromatic carbocycles. The molecule has 0 radical (unpaired) electrons. The van der Waals surface area contributed by atoms with Crippen LogP contribution in [-0.4, -0.2) is 31.0 Å². The largest absolute Gasteiger partial charge is 0.483 e. The molecule has 0 atom stereocenters. The van der Waals surface area contributed by atoms with Gasteiger partial charge in [-0.05, 0) is 36.1 Å². The molecule has 1 aromatic rings. The Morgan fingerprint density at radius 2 is 2.14 bits per heavy atom. The van der Waals surface area contributed by atoms with Crippen LogP contribution in [0.5, 0.6) is 5.75 Å². The second kappa shape index (κ2) is 7.90. The number of carbonyl (C=O) groups excluding carboxylic acids is 1. The number of carbonyl (C=O) groups is 1. The van der Waals surface area contributed by atoms with Crippen LogP contribution in [0, 0.1) is 18.3 Å². The van der Waals surface area contributed by atoms with Crippen LogP contribution in [0.2, 0.25) is 5.02 Å². The Morgan fingerprint density at radius 1 is 1.48 bits per heavy atom. The Morgan fingerprint density at radius 3 is 2.71 bits per heavy atom. The number of hydrogen-bond donors (Lipinski definition) is 0. The van der Waals surface area contributed by atoms with E-state index >= 15 is 0 Å². The molecule has 0 aliphatic carbocycles. The Kier molecular flexibility index (Phi) is 6.51. The molecule has 21 heavy (non-hydrogen) atoms. The summed E-state index contributed by atoms with van der Waals surface area (Å²) < 4.78 is 5.61. The minimum Gasteiger partial charge on any atom is -0.483 e. The maximum absolute atomic E-state index is 11.9. The Bertz CT molecular complexity index is 550. The van der Waals surface area contributed by atoms with Gasteiger partial charge < -0.3 is 9.64 Å². The van der Waals surface area contributed by atoms with E-state index in [4.69, 9.17) is 21.6 Å². The molecular weight excluding hydrogens is 288 g/mol. The van der Waals surface area contributed by atoms with Gasteiger partial charge in [0, 0.05) is 18.6 Å². The smallest absolute Gasteiger partial charge is 0.260 e. The van der Waals surface area contributed by atoms with Crippen LogP contribution in [0.25, 0.3) is 0 Å². The highest BCUT2D eigenvalue weighted by atomic mass is 35.5. The van der Waals surface area contributed by atoms with E-state index in [0.717, 1.165) is 11.1 Å². The normalized spacial score (nSPS) is 10.3. The first-order valence-corrected chi connectivity index (χ1v) is 7.28. The second-order valence-corrected chi connectivity index (χ2v) is 5.71. The Balaban J connectivity index is 2.73. The third-order valence-corrected chi connectivity index (χ3v) is 3.58. The van der Waals surface area contributed by atoms with E-state index in [9.17, 15) is 4.79 Å². The van der Waals surface area contributed by atoms with E-state index in [1.54, 1.807) is 7.05 Å². The highest BCUT2D eigenvalue weighted by molar-refractivity contribution is 6.31. The van der Waals surface area contributed by atoms with Gasteiger partial charge in [-0.2, -0.15) is 5.26 Å². The molecule has 0 unspecified atom stereocenters. The summed E-state index contributed by atoms with van der Waals surface area (Å²) in [5.41, 5.74) is 1.90. The molecular formula is C16H21ClN2O2. The lowest BCUT2D eigenvalue weighted by atomic mass is 10.0. The van der Waals surface area contributed by atoms with Crippen molar-refractivity contribution in [2.24, 2.45) is 0 Å². The summed E-state index contributed by atoms with van der Waals surface area (Å²) in [6.45, 7) is 6.38. The van der Waals surface area contributed by atoms with Gasteiger partial charge in [-0.25, -0.2) is 0 Å². The summed E-state index contributed by atoms with van der Waals surface area (Å²) in [6, 6.07) is 5.76. The molecule has 1 amide bonds. The summed E-state index contributed by atoms with van der Waals surface area (Å²) in [5.74, 6) is 0.810. The minimum atomic E-state index is -0.148. The number of aryl methyl sites for hydroxylation is 1. The van der Waals surface area contributed by atoms with Gasteiger partial charge >= 0.3 is 0 Å². The molecule has 0 bridgehead atoms. The Labute approximate surface area is 131 Å². The van der Waals surface area contributed by atoms with Gasteiger partial charge in [0.05, 0.1) is 12.5 Å². The van der Waals surface area contributed by atoms with E-state index in [0.29, 0.717) is 23.7 Å². The quantitative estimate of drug-likeness (QED) is 0.808. The van der Waals surface area contributed by atoms with Crippen LogP contribution >= 0.6 is 11.6 Å². The highest BCUT2D eigenvalue weighted by Gasteiger charge is 2.13. The average molecular weight is 309 g/mol. The number of benzene rings is 1.